The number of fused-ring (bicyclic) bond motifs is 9. The van der Waals surface area contributed by atoms with Crippen LogP contribution in [-0.2, 0) is 5.41 Å². The lowest BCUT2D eigenvalue weighted by Gasteiger charge is -2.34. The van der Waals surface area contributed by atoms with Crippen molar-refractivity contribution >= 4 is 70.5 Å². The zero-order valence-electron chi connectivity index (χ0n) is 34.8. The molecule has 13 rings (SSSR count). The summed E-state index contributed by atoms with van der Waals surface area (Å²) in [7, 11) is 0. The lowest BCUT2D eigenvalue weighted by Crippen LogP contribution is -2.28. The highest BCUT2D eigenvalue weighted by Crippen LogP contribution is 2.59. The Balaban J connectivity index is 1.05. The SMILES string of the molecule is c1ccc(C2(c3ccccc3)c3ccccc3-c3c(N(c4ccc(-c5cccc6oc7ccccc7c56)cc4)c4cccc(-c5cccc6c5sc5ccccc56)c4)cccc32)cc1. The van der Waals surface area contributed by atoms with Crippen LogP contribution in [0.25, 0.3) is 75.5 Å². The van der Waals surface area contributed by atoms with Crippen LogP contribution in [0.2, 0.25) is 0 Å². The molecule has 300 valence electrons. The van der Waals surface area contributed by atoms with Gasteiger partial charge in [0.05, 0.1) is 11.1 Å². The van der Waals surface area contributed by atoms with Crippen molar-refractivity contribution in [3.8, 4) is 33.4 Å². The minimum atomic E-state index is -0.523. The zero-order chi connectivity index (χ0) is 42.2. The van der Waals surface area contributed by atoms with Gasteiger partial charge in [-0.15, -0.1) is 11.3 Å². The molecule has 1 aliphatic rings. The van der Waals surface area contributed by atoms with E-state index in [2.05, 4.69) is 235 Å². The number of furan rings is 1. The van der Waals surface area contributed by atoms with Crippen LogP contribution < -0.4 is 4.90 Å². The number of rotatable bonds is 7. The molecule has 2 nitrogen and oxygen atoms in total. The Morgan fingerprint density at radius 1 is 0.391 bits per heavy atom. The Morgan fingerprint density at radius 2 is 1.00 bits per heavy atom. The van der Waals surface area contributed by atoms with Gasteiger partial charge in [0.2, 0.25) is 0 Å². The first-order valence-corrected chi connectivity index (χ1v) is 22.7. The normalized spacial score (nSPS) is 12.8. The van der Waals surface area contributed by atoms with Crippen LogP contribution in [0, 0.1) is 0 Å². The highest BCUT2D eigenvalue weighted by Gasteiger charge is 2.47. The van der Waals surface area contributed by atoms with Gasteiger partial charge in [-0.3, -0.25) is 0 Å². The number of para-hydroxylation sites is 1. The molecular weight excluding hydrogens is 795 g/mol. The van der Waals surface area contributed by atoms with Crippen LogP contribution in [0.15, 0.2) is 241 Å². The van der Waals surface area contributed by atoms with E-state index >= 15 is 0 Å². The second-order valence-electron chi connectivity index (χ2n) is 16.7. The number of benzene rings is 10. The molecule has 0 saturated heterocycles. The third-order valence-corrected chi connectivity index (χ3v) is 14.6. The summed E-state index contributed by atoms with van der Waals surface area (Å²) in [4.78, 5) is 2.48. The number of hydrogen-bond acceptors (Lipinski definition) is 3. The maximum atomic E-state index is 6.33. The summed E-state index contributed by atoms with van der Waals surface area (Å²) in [6, 6.07) is 86.6. The van der Waals surface area contributed by atoms with Crippen LogP contribution in [0.4, 0.5) is 17.1 Å². The lowest BCUT2D eigenvalue weighted by molar-refractivity contribution is 0.669. The quantitative estimate of drug-likeness (QED) is 0.159. The maximum Gasteiger partial charge on any atom is 0.136 e. The van der Waals surface area contributed by atoms with Crippen molar-refractivity contribution in [3.05, 3.63) is 259 Å². The topological polar surface area (TPSA) is 16.4 Å². The minimum Gasteiger partial charge on any atom is -0.456 e. The van der Waals surface area contributed by atoms with Crippen molar-refractivity contribution in [1.82, 2.24) is 0 Å². The van der Waals surface area contributed by atoms with Crippen molar-refractivity contribution in [3.63, 3.8) is 0 Å². The van der Waals surface area contributed by atoms with Crippen molar-refractivity contribution in [2.75, 3.05) is 4.90 Å². The van der Waals surface area contributed by atoms with E-state index in [0.29, 0.717) is 0 Å². The van der Waals surface area contributed by atoms with Gasteiger partial charge in [-0.2, -0.15) is 0 Å². The molecule has 0 radical (unpaired) electrons. The Bertz CT molecular complexity index is 3690. The van der Waals surface area contributed by atoms with E-state index in [1.54, 1.807) is 0 Å². The summed E-state index contributed by atoms with van der Waals surface area (Å²) in [5.74, 6) is 0. The van der Waals surface area contributed by atoms with E-state index in [9.17, 15) is 0 Å². The van der Waals surface area contributed by atoms with E-state index in [4.69, 9.17) is 4.42 Å². The van der Waals surface area contributed by atoms with Gasteiger partial charge in [-0.25, -0.2) is 0 Å². The fraction of sp³-hybridized carbons (Fsp3) is 0.0164. The van der Waals surface area contributed by atoms with Crippen LogP contribution in [0.3, 0.4) is 0 Å². The van der Waals surface area contributed by atoms with E-state index in [1.807, 2.05) is 17.4 Å². The van der Waals surface area contributed by atoms with Crippen LogP contribution in [0.1, 0.15) is 22.3 Å². The number of hydrogen-bond donors (Lipinski definition) is 0. The highest BCUT2D eigenvalue weighted by atomic mass is 32.1. The first-order chi connectivity index (χ1) is 31.8. The van der Waals surface area contributed by atoms with Crippen molar-refractivity contribution in [2.24, 2.45) is 0 Å². The van der Waals surface area contributed by atoms with Gasteiger partial charge in [0.1, 0.15) is 11.2 Å². The highest BCUT2D eigenvalue weighted by molar-refractivity contribution is 7.26. The Labute approximate surface area is 375 Å². The van der Waals surface area contributed by atoms with Crippen molar-refractivity contribution < 1.29 is 4.42 Å². The summed E-state index contributed by atoms with van der Waals surface area (Å²) in [5, 5.41) is 4.87. The van der Waals surface area contributed by atoms with Crippen LogP contribution in [0.5, 0.6) is 0 Å². The van der Waals surface area contributed by atoms with Gasteiger partial charge >= 0.3 is 0 Å². The molecule has 64 heavy (non-hydrogen) atoms. The second-order valence-corrected chi connectivity index (χ2v) is 17.8. The van der Waals surface area contributed by atoms with E-state index < -0.39 is 5.41 Å². The molecule has 2 heterocycles. The van der Waals surface area contributed by atoms with E-state index in [-0.39, 0.29) is 0 Å². The predicted octanol–water partition coefficient (Wildman–Crippen LogP) is 17.1. The first kappa shape index (κ1) is 36.7. The number of nitrogens with zero attached hydrogens (tertiary/aromatic N) is 1. The third-order valence-electron chi connectivity index (χ3n) is 13.4. The Morgan fingerprint density at radius 3 is 1.83 bits per heavy atom. The smallest absolute Gasteiger partial charge is 0.136 e. The Kier molecular flexibility index (Phi) is 8.34. The molecule has 0 spiro atoms. The van der Waals surface area contributed by atoms with Crippen LogP contribution in [-0.4, -0.2) is 0 Å². The summed E-state index contributed by atoms with van der Waals surface area (Å²) >= 11 is 1.88. The van der Waals surface area contributed by atoms with Crippen LogP contribution >= 0.6 is 11.3 Å². The average Bonchev–Trinajstić information content (AvgIpc) is 4.04. The molecule has 0 fully saturated rings. The second kappa shape index (κ2) is 14.6. The molecule has 3 heteroatoms. The summed E-state index contributed by atoms with van der Waals surface area (Å²) in [6.45, 7) is 0. The molecule has 2 aromatic heterocycles. The molecule has 0 aliphatic heterocycles. The first-order valence-electron chi connectivity index (χ1n) is 21.9. The molecule has 0 amide bonds. The molecule has 0 N–H and O–H groups in total. The molecule has 0 atom stereocenters. The maximum absolute atomic E-state index is 6.33. The fourth-order valence-corrected chi connectivity index (χ4v) is 11.9. The summed E-state index contributed by atoms with van der Waals surface area (Å²) in [5.41, 5.74) is 16.8. The van der Waals surface area contributed by atoms with Gasteiger partial charge < -0.3 is 9.32 Å². The molecular formula is C61H39NOS. The van der Waals surface area contributed by atoms with E-state index in [1.165, 1.54) is 64.7 Å². The largest absolute Gasteiger partial charge is 0.456 e. The lowest BCUT2D eigenvalue weighted by atomic mass is 9.68. The molecule has 0 unspecified atom stereocenters. The fourth-order valence-electron chi connectivity index (χ4n) is 10.7. The molecule has 0 saturated carbocycles. The number of thiophene rings is 1. The van der Waals surface area contributed by atoms with Gasteiger partial charge in [0, 0.05) is 47.9 Å². The minimum absolute atomic E-state index is 0.523. The van der Waals surface area contributed by atoms with Crippen molar-refractivity contribution in [2.45, 2.75) is 5.41 Å². The Hall–Kier alpha value is -7.98. The summed E-state index contributed by atoms with van der Waals surface area (Å²) in [6.07, 6.45) is 0. The zero-order valence-corrected chi connectivity index (χ0v) is 35.6. The third kappa shape index (κ3) is 5.44. The standard InChI is InChI=1S/C61H39NOS/c1-3-18-42(19-4-1)61(43-20-5-2-6-21-43)52-29-10-7-24-50(52)59-53(61)30-16-31-54(59)62(44-37-35-40(36-38-44)46-26-15-33-56-58(46)51-25-8-11-32-55(51)63-56)45-22-13-17-41(39-45)47-27-14-28-49-48-23-9-12-34-57(48)64-60(47)49/h1-39H. The average molecular weight is 834 g/mol. The summed E-state index contributed by atoms with van der Waals surface area (Å²) < 4.78 is 8.94. The molecule has 1 aliphatic carbocycles. The molecule has 12 aromatic rings. The number of anilines is 3. The van der Waals surface area contributed by atoms with Gasteiger partial charge in [-0.1, -0.05) is 188 Å². The molecule has 0 bridgehead atoms. The van der Waals surface area contributed by atoms with Gasteiger partial charge in [-0.05, 0) is 98.6 Å². The monoisotopic (exact) mass is 833 g/mol. The van der Waals surface area contributed by atoms with Gasteiger partial charge in [0.25, 0.3) is 0 Å². The molecule has 10 aromatic carbocycles. The van der Waals surface area contributed by atoms with E-state index in [0.717, 1.165) is 50.1 Å². The predicted molar refractivity (Wildman–Crippen MR) is 269 cm³/mol. The van der Waals surface area contributed by atoms with Crippen molar-refractivity contribution in [1.29, 1.82) is 0 Å². The van der Waals surface area contributed by atoms with Gasteiger partial charge in [0.15, 0.2) is 0 Å².